The molecule has 1 fully saturated rings. The summed E-state index contributed by atoms with van der Waals surface area (Å²) in [5.74, 6) is -1.73. The second-order valence-corrected chi connectivity index (χ2v) is 9.88. The van der Waals surface area contributed by atoms with E-state index in [1.165, 1.54) is 0 Å². The monoisotopic (exact) mass is 599 g/mol. The number of halogens is 7. The van der Waals surface area contributed by atoms with Crippen LogP contribution in [-0.4, -0.2) is 35.8 Å². The molecule has 1 saturated carbocycles. The van der Waals surface area contributed by atoms with E-state index in [-0.39, 0.29) is 35.3 Å². The third-order valence-corrected chi connectivity index (χ3v) is 7.01. The lowest BCUT2D eigenvalue weighted by molar-refractivity contribution is -0.139. The van der Waals surface area contributed by atoms with Crippen molar-refractivity contribution in [3.8, 4) is 11.4 Å². The largest absolute Gasteiger partial charge is 0.423 e. The third kappa shape index (κ3) is 5.75. The van der Waals surface area contributed by atoms with Gasteiger partial charge in [-0.2, -0.15) is 31.4 Å². The summed E-state index contributed by atoms with van der Waals surface area (Å²) in [4.78, 5) is 47.3. The van der Waals surface area contributed by atoms with E-state index in [0.29, 0.717) is 31.7 Å². The highest BCUT2D eigenvalue weighted by Gasteiger charge is 2.38. The molecular formula is C25H20F7N7O3. The number of rotatable bonds is 5. The van der Waals surface area contributed by atoms with Crippen LogP contribution in [0.1, 0.15) is 36.8 Å². The van der Waals surface area contributed by atoms with Gasteiger partial charge in [0.2, 0.25) is 0 Å². The standard InChI is InChI=1S/C25H20F7N7O3/c26-16-5-15-17(6-14(16)20-33-7-12(8-34-20)24(27,28)29)37-23(42)39(22(15)41)10-11-2-1-3-13(4-11)36-18-9-35-38-21(40)19(18)25(30,31)32/h5-9,11,13H,1-4,10H2,(H,37,42)(H2,36,38,40)/t11-,13+/m1/s1. The summed E-state index contributed by atoms with van der Waals surface area (Å²) >= 11 is 0. The average Bonchev–Trinajstić information content (AvgIpc) is 2.90. The van der Waals surface area contributed by atoms with Crippen LogP contribution in [0, 0.1) is 11.7 Å². The molecule has 42 heavy (non-hydrogen) atoms. The second kappa shape index (κ2) is 10.7. The molecule has 17 heteroatoms. The minimum Gasteiger partial charge on any atom is -0.380 e. The first kappa shape index (κ1) is 28.9. The Morgan fingerprint density at radius 1 is 0.976 bits per heavy atom. The smallest absolute Gasteiger partial charge is 0.380 e. The van der Waals surface area contributed by atoms with Gasteiger partial charge in [-0.1, -0.05) is 6.42 Å². The van der Waals surface area contributed by atoms with E-state index in [0.717, 1.165) is 22.9 Å². The van der Waals surface area contributed by atoms with Crippen molar-refractivity contribution in [3.05, 3.63) is 78.9 Å². The molecule has 2 atom stereocenters. The lowest BCUT2D eigenvalue weighted by atomic mass is 9.85. The molecule has 5 rings (SSSR count). The van der Waals surface area contributed by atoms with Gasteiger partial charge in [-0.05, 0) is 37.3 Å². The van der Waals surface area contributed by atoms with Gasteiger partial charge in [-0.25, -0.2) is 24.3 Å². The first-order valence-corrected chi connectivity index (χ1v) is 12.5. The first-order valence-electron chi connectivity index (χ1n) is 12.5. The van der Waals surface area contributed by atoms with Gasteiger partial charge in [-0.3, -0.25) is 14.2 Å². The average molecular weight is 599 g/mol. The van der Waals surface area contributed by atoms with Gasteiger partial charge in [0.1, 0.15) is 11.4 Å². The molecule has 0 amide bonds. The molecule has 3 heterocycles. The Bertz CT molecular complexity index is 1810. The summed E-state index contributed by atoms with van der Waals surface area (Å²) in [6.45, 7) is -0.118. The fourth-order valence-electron chi connectivity index (χ4n) is 5.08. The zero-order valence-corrected chi connectivity index (χ0v) is 21.2. The van der Waals surface area contributed by atoms with Crippen molar-refractivity contribution in [3.63, 3.8) is 0 Å². The molecule has 0 aliphatic heterocycles. The number of nitrogens with one attached hydrogen (secondary N) is 3. The molecular weight excluding hydrogens is 579 g/mol. The van der Waals surface area contributed by atoms with Crippen LogP contribution in [0.4, 0.5) is 36.4 Å². The molecule has 0 spiro atoms. The van der Waals surface area contributed by atoms with E-state index in [9.17, 15) is 45.1 Å². The Kier molecular flexibility index (Phi) is 7.36. The number of aromatic nitrogens is 6. The fourth-order valence-corrected chi connectivity index (χ4v) is 5.08. The van der Waals surface area contributed by atoms with Gasteiger partial charge >= 0.3 is 18.0 Å². The molecule has 0 unspecified atom stereocenters. The van der Waals surface area contributed by atoms with Crippen molar-refractivity contribution in [2.24, 2.45) is 5.92 Å². The van der Waals surface area contributed by atoms with Gasteiger partial charge in [0.15, 0.2) is 5.82 Å². The predicted molar refractivity (Wildman–Crippen MR) is 134 cm³/mol. The minimum absolute atomic E-state index is 0.0918. The highest BCUT2D eigenvalue weighted by Crippen LogP contribution is 2.34. The molecule has 1 aliphatic rings. The number of H-pyrrole nitrogens is 2. The summed E-state index contributed by atoms with van der Waals surface area (Å²) < 4.78 is 94.5. The van der Waals surface area contributed by atoms with Gasteiger partial charge in [0, 0.05) is 25.0 Å². The van der Waals surface area contributed by atoms with Crippen LogP contribution in [0.15, 0.2) is 45.1 Å². The van der Waals surface area contributed by atoms with E-state index >= 15 is 0 Å². The molecule has 3 aromatic heterocycles. The molecule has 0 radical (unpaired) electrons. The van der Waals surface area contributed by atoms with E-state index < -0.39 is 63.7 Å². The Labute approximate surface area is 229 Å². The van der Waals surface area contributed by atoms with Crippen molar-refractivity contribution < 1.29 is 30.7 Å². The van der Waals surface area contributed by atoms with E-state index in [1.807, 2.05) is 0 Å². The maximum atomic E-state index is 15.0. The minimum atomic E-state index is -4.92. The van der Waals surface area contributed by atoms with Crippen LogP contribution >= 0.6 is 0 Å². The number of anilines is 1. The number of fused-ring (bicyclic) bond motifs is 1. The molecule has 1 aromatic carbocycles. The lowest BCUT2D eigenvalue weighted by Gasteiger charge is -2.31. The number of hydrogen-bond acceptors (Lipinski definition) is 7. The molecule has 3 N–H and O–H groups in total. The van der Waals surface area contributed by atoms with Crippen LogP contribution in [0.25, 0.3) is 22.3 Å². The summed E-state index contributed by atoms with van der Waals surface area (Å²) in [6, 6.07) is 1.35. The first-order chi connectivity index (χ1) is 19.7. The highest BCUT2D eigenvalue weighted by molar-refractivity contribution is 5.82. The SMILES string of the molecule is O=c1[nH]ncc(N[C@H]2CCC[C@@H](Cn3c(=O)[nH]c4cc(-c5ncc(C(F)(F)F)cn5)c(F)cc4c3=O)C2)c1C(F)(F)F. The van der Waals surface area contributed by atoms with Crippen molar-refractivity contribution in [2.45, 2.75) is 50.6 Å². The van der Waals surface area contributed by atoms with Crippen LogP contribution in [-0.2, 0) is 18.9 Å². The number of nitrogens with zero attached hydrogens (tertiary/aromatic N) is 4. The van der Waals surface area contributed by atoms with Crippen molar-refractivity contribution in [2.75, 3.05) is 5.32 Å². The maximum absolute atomic E-state index is 15.0. The molecule has 4 aromatic rings. The van der Waals surface area contributed by atoms with Gasteiger partial charge < -0.3 is 10.3 Å². The zero-order chi connectivity index (χ0) is 30.4. The van der Waals surface area contributed by atoms with E-state index in [4.69, 9.17) is 0 Å². The van der Waals surface area contributed by atoms with Crippen molar-refractivity contribution >= 4 is 16.6 Å². The lowest BCUT2D eigenvalue weighted by Crippen LogP contribution is -2.39. The Morgan fingerprint density at radius 3 is 2.36 bits per heavy atom. The quantitative estimate of drug-likeness (QED) is 0.294. The summed E-state index contributed by atoms with van der Waals surface area (Å²) in [6.07, 6.45) is -5.99. The summed E-state index contributed by atoms with van der Waals surface area (Å²) in [5, 5.41) is 7.70. The topological polar surface area (TPSA) is 138 Å². The second-order valence-electron chi connectivity index (χ2n) is 9.88. The molecule has 0 saturated heterocycles. The number of hydrogen-bond donors (Lipinski definition) is 3. The highest BCUT2D eigenvalue weighted by atomic mass is 19.4. The van der Waals surface area contributed by atoms with Crippen LogP contribution in [0.2, 0.25) is 0 Å². The third-order valence-electron chi connectivity index (χ3n) is 7.01. The van der Waals surface area contributed by atoms with E-state index in [1.54, 1.807) is 5.10 Å². The maximum Gasteiger partial charge on any atom is 0.423 e. The van der Waals surface area contributed by atoms with Crippen molar-refractivity contribution in [1.29, 1.82) is 0 Å². The molecule has 10 nitrogen and oxygen atoms in total. The van der Waals surface area contributed by atoms with Gasteiger partial charge in [0.25, 0.3) is 11.1 Å². The normalized spacial score (nSPS) is 17.9. The number of alkyl halides is 6. The molecule has 0 bridgehead atoms. The molecule has 1 aliphatic carbocycles. The van der Waals surface area contributed by atoms with E-state index in [2.05, 4.69) is 25.4 Å². The fraction of sp³-hybridized carbons (Fsp3) is 0.360. The number of benzene rings is 1. The Hall–Kier alpha value is -4.57. The summed E-state index contributed by atoms with van der Waals surface area (Å²) in [5.41, 5.74) is -6.53. The Morgan fingerprint density at radius 2 is 1.69 bits per heavy atom. The van der Waals surface area contributed by atoms with Crippen LogP contribution in [0.3, 0.4) is 0 Å². The molecule has 222 valence electrons. The summed E-state index contributed by atoms with van der Waals surface area (Å²) in [7, 11) is 0. The van der Waals surface area contributed by atoms with Gasteiger partial charge in [-0.15, -0.1) is 0 Å². The van der Waals surface area contributed by atoms with Crippen molar-refractivity contribution in [1.82, 2.24) is 29.7 Å². The van der Waals surface area contributed by atoms with Crippen LogP contribution < -0.4 is 22.1 Å². The van der Waals surface area contributed by atoms with Gasteiger partial charge in [0.05, 0.1) is 33.9 Å². The predicted octanol–water partition coefficient (Wildman–Crippen LogP) is 4.08. The Balaban J connectivity index is 1.39. The zero-order valence-electron chi connectivity index (χ0n) is 21.2. The van der Waals surface area contributed by atoms with Crippen LogP contribution in [0.5, 0.6) is 0 Å². The number of aromatic amines is 2.